The largest absolute Gasteiger partial charge is 0.497 e. The van der Waals surface area contributed by atoms with Gasteiger partial charge in [-0.25, -0.2) is 5.43 Å². The molecule has 7 heteroatoms. The van der Waals surface area contributed by atoms with Crippen molar-refractivity contribution in [2.45, 2.75) is 19.8 Å². The summed E-state index contributed by atoms with van der Waals surface area (Å²) in [5.41, 5.74) is 4.37. The van der Waals surface area contributed by atoms with Crippen LogP contribution in [0.5, 0.6) is 17.2 Å². The molecule has 0 bridgehead atoms. The Labute approximate surface area is 167 Å². The fourth-order valence-corrected chi connectivity index (χ4v) is 2.92. The molecule has 144 valence electrons. The summed E-state index contributed by atoms with van der Waals surface area (Å²) < 4.78 is 16.8. The van der Waals surface area contributed by atoms with Gasteiger partial charge in [-0.15, -0.1) is 0 Å². The number of halogens is 1. The lowest BCUT2D eigenvalue weighted by atomic mass is 10.1. The molecular formula is C20H23BrN2O4. The van der Waals surface area contributed by atoms with Crippen LogP contribution in [0, 0.1) is 0 Å². The topological polar surface area (TPSA) is 69.2 Å². The first-order chi connectivity index (χ1) is 13.1. The highest BCUT2D eigenvalue weighted by Gasteiger charge is 2.07. The fraction of sp³-hybridized carbons (Fsp3) is 0.300. The molecule has 0 saturated carbocycles. The van der Waals surface area contributed by atoms with E-state index in [1.54, 1.807) is 32.4 Å². The SMILES string of the molecule is CCCc1ccc(OCC(=O)N/N=C/c2ccc(OC)cc2OC)c(Br)c1. The Morgan fingerprint density at radius 1 is 1.15 bits per heavy atom. The van der Waals surface area contributed by atoms with Gasteiger partial charge in [-0.1, -0.05) is 19.4 Å². The van der Waals surface area contributed by atoms with Gasteiger partial charge in [-0.05, 0) is 52.2 Å². The zero-order valence-corrected chi connectivity index (χ0v) is 17.2. The molecule has 0 saturated heterocycles. The van der Waals surface area contributed by atoms with Gasteiger partial charge in [0.25, 0.3) is 5.91 Å². The molecule has 0 unspecified atom stereocenters. The molecule has 0 spiro atoms. The maximum Gasteiger partial charge on any atom is 0.277 e. The number of hydrazone groups is 1. The van der Waals surface area contributed by atoms with Crippen LogP contribution in [-0.2, 0) is 11.2 Å². The number of hydrogen-bond acceptors (Lipinski definition) is 5. The molecule has 0 aliphatic rings. The maximum absolute atomic E-state index is 11.9. The van der Waals surface area contributed by atoms with E-state index in [-0.39, 0.29) is 12.5 Å². The predicted octanol–water partition coefficient (Wildman–Crippen LogP) is 3.95. The summed E-state index contributed by atoms with van der Waals surface area (Å²) in [6, 6.07) is 11.2. The normalized spacial score (nSPS) is 10.7. The smallest absolute Gasteiger partial charge is 0.277 e. The highest BCUT2D eigenvalue weighted by Crippen LogP contribution is 2.26. The molecular weight excluding hydrogens is 412 g/mol. The van der Waals surface area contributed by atoms with Crippen LogP contribution >= 0.6 is 15.9 Å². The number of methoxy groups -OCH3 is 2. The minimum Gasteiger partial charge on any atom is -0.497 e. The van der Waals surface area contributed by atoms with Crippen molar-refractivity contribution in [3.05, 3.63) is 52.0 Å². The molecule has 27 heavy (non-hydrogen) atoms. The average molecular weight is 435 g/mol. The van der Waals surface area contributed by atoms with Gasteiger partial charge in [-0.3, -0.25) is 4.79 Å². The standard InChI is InChI=1S/C20H23BrN2O4/c1-4-5-14-6-9-18(17(21)10-14)27-13-20(24)23-22-12-15-7-8-16(25-2)11-19(15)26-3/h6-12H,4-5,13H2,1-3H3,(H,23,24)/b22-12+. The maximum atomic E-state index is 11.9. The van der Waals surface area contributed by atoms with Gasteiger partial charge in [0.1, 0.15) is 17.2 Å². The Bertz CT molecular complexity index is 809. The lowest BCUT2D eigenvalue weighted by Crippen LogP contribution is -2.24. The van der Waals surface area contributed by atoms with Crippen LogP contribution < -0.4 is 19.6 Å². The Hall–Kier alpha value is -2.54. The Morgan fingerprint density at radius 3 is 2.63 bits per heavy atom. The summed E-state index contributed by atoms with van der Waals surface area (Å²) in [6.45, 7) is 1.99. The average Bonchev–Trinajstić information content (AvgIpc) is 2.67. The summed E-state index contributed by atoms with van der Waals surface area (Å²) in [5.74, 6) is 1.53. The second-order valence-corrected chi connectivity index (χ2v) is 6.56. The zero-order chi connectivity index (χ0) is 19.6. The van der Waals surface area contributed by atoms with Gasteiger partial charge >= 0.3 is 0 Å². The highest BCUT2D eigenvalue weighted by molar-refractivity contribution is 9.10. The number of aryl methyl sites for hydroxylation is 1. The van der Waals surface area contributed by atoms with E-state index in [1.807, 2.05) is 18.2 Å². The molecule has 0 aromatic heterocycles. The van der Waals surface area contributed by atoms with Gasteiger partial charge in [0.15, 0.2) is 6.61 Å². The third kappa shape index (κ3) is 6.29. The van der Waals surface area contributed by atoms with Gasteiger partial charge in [-0.2, -0.15) is 5.10 Å². The van der Waals surface area contributed by atoms with Crippen molar-refractivity contribution in [2.24, 2.45) is 5.10 Å². The summed E-state index contributed by atoms with van der Waals surface area (Å²) in [7, 11) is 3.14. The summed E-state index contributed by atoms with van der Waals surface area (Å²) in [4.78, 5) is 11.9. The lowest BCUT2D eigenvalue weighted by molar-refractivity contribution is -0.123. The molecule has 1 N–H and O–H groups in total. The second-order valence-electron chi connectivity index (χ2n) is 5.70. The molecule has 0 atom stereocenters. The van der Waals surface area contributed by atoms with E-state index in [0.717, 1.165) is 17.3 Å². The Kier molecular flexibility index (Phi) is 8.13. The number of nitrogens with zero attached hydrogens (tertiary/aromatic N) is 1. The number of amides is 1. The molecule has 1 amide bonds. The first-order valence-electron chi connectivity index (χ1n) is 8.52. The van der Waals surface area contributed by atoms with Crippen LogP contribution in [0.4, 0.5) is 0 Å². The number of nitrogens with one attached hydrogen (secondary N) is 1. The van der Waals surface area contributed by atoms with Crippen molar-refractivity contribution in [1.29, 1.82) is 0 Å². The van der Waals surface area contributed by atoms with Crippen LogP contribution in [0.25, 0.3) is 0 Å². The van der Waals surface area contributed by atoms with Crippen molar-refractivity contribution in [3.63, 3.8) is 0 Å². The van der Waals surface area contributed by atoms with E-state index in [2.05, 4.69) is 33.4 Å². The molecule has 0 aliphatic carbocycles. The predicted molar refractivity (Wildman–Crippen MR) is 109 cm³/mol. The van der Waals surface area contributed by atoms with E-state index < -0.39 is 0 Å². The van der Waals surface area contributed by atoms with Gasteiger partial charge in [0, 0.05) is 11.6 Å². The van der Waals surface area contributed by atoms with E-state index >= 15 is 0 Å². The molecule has 2 rings (SSSR count). The molecule has 0 aliphatic heterocycles. The third-order valence-electron chi connectivity index (χ3n) is 3.73. The van der Waals surface area contributed by atoms with E-state index in [4.69, 9.17) is 14.2 Å². The molecule has 0 radical (unpaired) electrons. The second kappa shape index (κ2) is 10.6. The van der Waals surface area contributed by atoms with Crippen molar-refractivity contribution in [2.75, 3.05) is 20.8 Å². The minimum absolute atomic E-state index is 0.136. The number of hydrogen-bond donors (Lipinski definition) is 1. The van der Waals surface area contributed by atoms with Gasteiger partial charge < -0.3 is 14.2 Å². The van der Waals surface area contributed by atoms with Crippen molar-refractivity contribution >= 4 is 28.1 Å². The summed E-state index contributed by atoms with van der Waals surface area (Å²) in [6.07, 6.45) is 3.58. The highest BCUT2D eigenvalue weighted by atomic mass is 79.9. The third-order valence-corrected chi connectivity index (χ3v) is 4.35. The minimum atomic E-state index is -0.358. The molecule has 6 nitrogen and oxygen atoms in total. The summed E-state index contributed by atoms with van der Waals surface area (Å²) in [5, 5.41) is 3.94. The molecule has 0 fully saturated rings. The number of benzene rings is 2. The number of carbonyl (C=O) groups excluding carboxylic acids is 1. The Morgan fingerprint density at radius 2 is 1.96 bits per heavy atom. The quantitative estimate of drug-likeness (QED) is 0.479. The van der Waals surface area contributed by atoms with Crippen molar-refractivity contribution in [3.8, 4) is 17.2 Å². The van der Waals surface area contributed by atoms with E-state index in [9.17, 15) is 4.79 Å². The van der Waals surface area contributed by atoms with Crippen LogP contribution in [0.2, 0.25) is 0 Å². The first kappa shape index (κ1) is 20.8. The van der Waals surface area contributed by atoms with Crippen molar-refractivity contribution < 1.29 is 19.0 Å². The van der Waals surface area contributed by atoms with E-state index in [1.165, 1.54) is 11.8 Å². The van der Waals surface area contributed by atoms with Crippen LogP contribution in [0.3, 0.4) is 0 Å². The molecule has 2 aromatic carbocycles. The zero-order valence-electron chi connectivity index (χ0n) is 15.6. The number of carbonyl (C=O) groups is 1. The lowest BCUT2D eigenvalue weighted by Gasteiger charge is -2.09. The van der Waals surface area contributed by atoms with Gasteiger partial charge in [0.05, 0.1) is 24.9 Å². The van der Waals surface area contributed by atoms with Crippen molar-refractivity contribution in [1.82, 2.24) is 5.43 Å². The first-order valence-corrected chi connectivity index (χ1v) is 9.31. The number of ether oxygens (including phenoxy) is 3. The van der Waals surface area contributed by atoms with Gasteiger partial charge in [0.2, 0.25) is 0 Å². The monoisotopic (exact) mass is 434 g/mol. The Balaban J connectivity index is 1.88. The fourth-order valence-electron chi connectivity index (χ4n) is 2.38. The molecule has 0 heterocycles. The van der Waals surface area contributed by atoms with Crippen LogP contribution in [0.1, 0.15) is 24.5 Å². The van der Waals surface area contributed by atoms with E-state index in [0.29, 0.717) is 22.8 Å². The summed E-state index contributed by atoms with van der Waals surface area (Å²) >= 11 is 3.47. The van der Waals surface area contributed by atoms with Crippen LogP contribution in [0.15, 0.2) is 46.0 Å². The van der Waals surface area contributed by atoms with Crippen LogP contribution in [-0.4, -0.2) is 32.9 Å². The number of rotatable bonds is 9. The molecule has 2 aromatic rings.